The number of carbonyl (C=O) groups excluding carboxylic acids is 2. The van der Waals surface area contributed by atoms with E-state index in [-0.39, 0.29) is 5.92 Å². The van der Waals surface area contributed by atoms with Crippen molar-refractivity contribution in [1.82, 2.24) is 0 Å². The summed E-state index contributed by atoms with van der Waals surface area (Å²) in [6, 6.07) is 0. The third-order valence-corrected chi connectivity index (χ3v) is 5.25. The SMILES string of the molecule is CCCCCCCC/C=C\CCCCCC[C@@H](C)C(=O)OOC(=O)CCCCC. The van der Waals surface area contributed by atoms with Gasteiger partial charge in [0.1, 0.15) is 0 Å². The molecule has 0 radical (unpaired) electrons. The highest BCUT2D eigenvalue weighted by Crippen LogP contribution is 2.14. The van der Waals surface area contributed by atoms with Crippen molar-refractivity contribution in [2.75, 3.05) is 0 Å². The minimum Gasteiger partial charge on any atom is -0.247 e. The van der Waals surface area contributed by atoms with Crippen LogP contribution in [0.15, 0.2) is 12.2 Å². The van der Waals surface area contributed by atoms with Gasteiger partial charge in [-0.25, -0.2) is 19.4 Å². The van der Waals surface area contributed by atoms with E-state index in [1.165, 1.54) is 57.8 Å². The predicted molar refractivity (Wildman–Crippen MR) is 120 cm³/mol. The smallest absolute Gasteiger partial charge is 0.247 e. The Hall–Kier alpha value is -1.32. The molecule has 0 aliphatic carbocycles. The molecule has 0 bridgehead atoms. The van der Waals surface area contributed by atoms with Crippen molar-refractivity contribution in [3.8, 4) is 0 Å². The summed E-state index contributed by atoms with van der Waals surface area (Å²) >= 11 is 0. The van der Waals surface area contributed by atoms with E-state index in [1.54, 1.807) is 0 Å². The van der Waals surface area contributed by atoms with Gasteiger partial charge in [0, 0.05) is 0 Å². The molecule has 0 saturated heterocycles. The topological polar surface area (TPSA) is 52.6 Å². The summed E-state index contributed by atoms with van der Waals surface area (Å²) in [4.78, 5) is 32.5. The zero-order chi connectivity index (χ0) is 21.6. The van der Waals surface area contributed by atoms with Crippen molar-refractivity contribution in [3.05, 3.63) is 12.2 Å². The molecule has 4 nitrogen and oxygen atoms in total. The van der Waals surface area contributed by atoms with Gasteiger partial charge in [0.05, 0.1) is 12.3 Å². The van der Waals surface area contributed by atoms with Crippen LogP contribution in [0.5, 0.6) is 0 Å². The first kappa shape index (κ1) is 27.7. The highest BCUT2D eigenvalue weighted by Gasteiger charge is 2.17. The second-order valence-electron chi connectivity index (χ2n) is 8.24. The molecular weight excluding hydrogens is 364 g/mol. The maximum absolute atomic E-state index is 11.8. The van der Waals surface area contributed by atoms with Gasteiger partial charge in [-0.15, -0.1) is 0 Å². The lowest BCUT2D eigenvalue weighted by Crippen LogP contribution is -2.17. The first-order chi connectivity index (χ1) is 14.1. The zero-order valence-electron chi connectivity index (χ0n) is 19.4. The summed E-state index contributed by atoms with van der Waals surface area (Å²) in [5.41, 5.74) is 0. The molecule has 0 heterocycles. The largest absolute Gasteiger partial charge is 0.358 e. The van der Waals surface area contributed by atoms with E-state index in [0.717, 1.165) is 44.9 Å². The van der Waals surface area contributed by atoms with Crippen molar-refractivity contribution in [2.24, 2.45) is 5.92 Å². The minimum absolute atomic E-state index is 0.226. The number of rotatable bonds is 19. The van der Waals surface area contributed by atoms with E-state index in [9.17, 15) is 9.59 Å². The molecule has 1 atom stereocenters. The Morgan fingerprint density at radius 1 is 0.690 bits per heavy atom. The van der Waals surface area contributed by atoms with Crippen LogP contribution >= 0.6 is 0 Å². The fourth-order valence-corrected chi connectivity index (χ4v) is 3.19. The molecule has 0 unspecified atom stereocenters. The van der Waals surface area contributed by atoms with Gasteiger partial charge in [-0.2, -0.15) is 0 Å². The molecule has 0 rings (SSSR count). The van der Waals surface area contributed by atoms with Gasteiger partial charge >= 0.3 is 11.9 Å². The summed E-state index contributed by atoms with van der Waals surface area (Å²) in [5, 5.41) is 0. The van der Waals surface area contributed by atoms with Crippen LogP contribution < -0.4 is 0 Å². The highest BCUT2D eigenvalue weighted by atomic mass is 17.2. The number of carbonyl (C=O) groups is 2. The van der Waals surface area contributed by atoms with Gasteiger partial charge in [-0.1, -0.05) is 97.1 Å². The second-order valence-corrected chi connectivity index (χ2v) is 8.24. The summed E-state index contributed by atoms with van der Waals surface area (Å²) in [6.45, 7) is 6.16. The second kappa shape index (κ2) is 21.4. The Balaban J connectivity index is 3.47. The van der Waals surface area contributed by atoms with Crippen LogP contribution in [0.25, 0.3) is 0 Å². The normalized spacial score (nSPS) is 12.2. The third kappa shape index (κ3) is 19.8. The van der Waals surface area contributed by atoms with Gasteiger partial charge in [0.15, 0.2) is 0 Å². The van der Waals surface area contributed by atoms with Crippen LogP contribution in [-0.2, 0) is 19.4 Å². The lowest BCUT2D eigenvalue weighted by Gasteiger charge is -2.09. The molecular formula is C25H46O4. The van der Waals surface area contributed by atoms with E-state index in [2.05, 4.69) is 35.8 Å². The van der Waals surface area contributed by atoms with Crippen LogP contribution in [-0.4, -0.2) is 11.9 Å². The quantitative estimate of drug-likeness (QED) is 0.0941. The lowest BCUT2D eigenvalue weighted by atomic mass is 10.0. The Morgan fingerprint density at radius 2 is 1.21 bits per heavy atom. The van der Waals surface area contributed by atoms with Gasteiger partial charge in [0.2, 0.25) is 0 Å². The van der Waals surface area contributed by atoms with Crippen molar-refractivity contribution in [2.45, 2.75) is 130 Å². The van der Waals surface area contributed by atoms with Gasteiger partial charge in [-0.3, -0.25) is 0 Å². The number of allylic oxidation sites excluding steroid dienone is 2. The van der Waals surface area contributed by atoms with E-state index >= 15 is 0 Å². The Bertz CT molecular complexity index is 417. The number of hydrogen-bond acceptors (Lipinski definition) is 4. The predicted octanol–water partition coefficient (Wildman–Crippen LogP) is 7.85. The molecule has 29 heavy (non-hydrogen) atoms. The summed E-state index contributed by atoms with van der Waals surface area (Å²) < 4.78 is 0. The average Bonchev–Trinajstić information content (AvgIpc) is 2.72. The van der Waals surface area contributed by atoms with Crippen LogP contribution in [0.4, 0.5) is 0 Å². The van der Waals surface area contributed by atoms with Gasteiger partial charge < -0.3 is 0 Å². The first-order valence-electron chi connectivity index (χ1n) is 12.2. The summed E-state index contributed by atoms with van der Waals surface area (Å²) in [6.07, 6.45) is 23.6. The van der Waals surface area contributed by atoms with Crippen molar-refractivity contribution < 1.29 is 19.4 Å². The molecule has 0 fully saturated rings. The van der Waals surface area contributed by atoms with E-state index in [1.807, 2.05) is 6.92 Å². The number of hydrogen-bond donors (Lipinski definition) is 0. The van der Waals surface area contributed by atoms with Crippen LogP contribution in [0.3, 0.4) is 0 Å². The molecule has 0 amide bonds. The molecule has 0 saturated carbocycles. The minimum atomic E-state index is -0.455. The third-order valence-electron chi connectivity index (χ3n) is 5.25. The van der Waals surface area contributed by atoms with Crippen LogP contribution in [0.1, 0.15) is 130 Å². The van der Waals surface area contributed by atoms with Crippen molar-refractivity contribution >= 4 is 11.9 Å². The molecule has 0 aromatic carbocycles. The Labute approximate surface area is 179 Å². The highest BCUT2D eigenvalue weighted by molar-refractivity contribution is 5.74. The zero-order valence-corrected chi connectivity index (χ0v) is 19.4. The van der Waals surface area contributed by atoms with Crippen LogP contribution in [0.2, 0.25) is 0 Å². The Kier molecular flexibility index (Phi) is 20.4. The summed E-state index contributed by atoms with van der Waals surface area (Å²) in [5.74, 6) is -1.12. The van der Waals surface area contributed by atoms with Crippen LogP contribution in [0, 0.1) is 5.92 Å². The molecule has 0 N–H and O–H groups in total. The van der Waals surface area contributed by atoms with Gasteiger partial charge in [-0.05, 0) is 38.5 Å². The lowest BCUT2D eigenvalue weighted by molar-refractivity contribution is -0.262. The number of unbranched alkanes of at least 4 members (excludes halogenated alkanes) is 12. The molecule has 0 aliphatic rings. The molecule has 4 heteroatoms. The fraction of sp³-hybridized carbons (Fsp3) is 0.840. The van der Waals surface area contributed by atoms with Crippen molar-refractivity contribution in [1.29, 1.82) is 0 Å². The molecule has 0 aromatic heterocycles. The van der Waals surface area contributed by atoms with E-state index < -0.39 is 11.9 Å². The Morgan fingerprint density at radius 3 is 1.83 bits per heavy atom. The standard InChI is InChI=1S/C25H46O4/c1-4-6-8-9-10-11-12-13-14-15-16-17-18-20-21-23(3)25(27)29-28-24(26)22-19-7-5-2/h13-14,23H,4-12,15-22H2,1-3H3/b14-13-/t23-/m1/s1. The summed E-state index contributed by atoms with van der Waals surface area (Å²) in [7, 11) is 0. The maximum Gasteiger partial charge on any atom is 0.358 e. The first-order valence-corrected chi connectivity index (χ1v) is 12.2. The molecule has 170 valence electrons. The molecule has 0 spiro atoms. The fourth-order valence-electron chi connectivity index (χ4n) is 3.19. The van der Waals surface area contributed by atoms with E-state index in [0.29, 0.717) is 6.42 Å². The molecule has 0 aromatic rings. The van der Waals surface area contributed by atoms with E-state index in [4.69, 9.17) is 0 Å². The van der Waals surface area contributed by atoms with Crippen molar-refractivity contribution in [3.63, 3.8) is 0 Å². The maximum atomic E-state index is 11.8. The monoisotopic (exact) mass is 410 g/mol. The molecule has 0 aliphatic heterocycles. The average molecular weight is 411 g/mol. The van der Waals surface area contributed by atoms with Gasteiger partial charge in [0.25, 0.3) is 0 Å².